The van der Waals surface area contributed by atoms with Crippen molar-refractivity contribution in [1.82, 2.24) is 0 Å². The fraction of sp³-hybridized carbons (Fsp3) is 0.278. The molecular weight excluding hydrogens is 248 g/mol. The minimum Gasteiger partial charge on any atom is -0.454 e. The smallest absolute Gasteiger partial charge is 0.310 e. The van der Waals surface area contributed by atoms with Crippen LogP contribution in [0.15, 0.2) is 60.7 Å². The minimum absolute atomic E-state index is 0.0117. The van der Waals surface area contributed by atoms with E-state index in [1.165, 1.54) is 5.56 Å². The van der Waals surface area contributed by atoms with Gasteiger partial charge in [0, 0.05) is 5.92 Å². The Kier molecular flexibility index (Phi) is 2.46. The number of esters is 1. The molecule has 2 heteroatoms. The van der Waals surface area contributed by atoms with Crippen molar-refractivity contribution in [3.63, 3.8) is 0 Å². The van der Waals surface area contributed by atoms with E-state index >= 15 is 0 Å². The monoisotopic (exact) mass is 264 g/mol. The van der Waals surface area contributed by atoms with Crippen LogP contribution in [0, 0.1) is 11.8 Å². The topological polar surface area (TPSA) is 26.3 Å². The summed E-state index contributed by atoms with van der Waals surface area (Å²) in [6.45, 7) is 0. The van der Waals surface area contributed by atoms with Crippen molar-refractivity contribution < 1.29 is 9.53 Å². The van der Waals surface area contributed by atoms with Crippen LogP contribution in [0.25, 0.3) is 0 Å². The van der Waals surface area contributed by atoms with Crippen molar-refractivity contribution in [2.45, 2.75) is 18.4 Å². The van der Waals surface area contributed by atoms with Crippen LogP contribution in [0.5, 0.6) is 0 Å². The molecule has 2 nitrogen and oxygen atoms in total. The van der Waals surface area contributed by atoms with Gasteiger partial charge in [0.15, 0.2) is 0 Å². The van der Waals surface area contributed by atoms with Gasteiger partial charge in [0.1, 0.15) is 5.60 Å². The van der Waals surface area contributed by atoms with Crippen molar-refractivity contribution >= 4 is 5.97 Å². The maximum Gasteiger partial charge on any atom is 0.310 e. The van der Waals surface area contributed by atoms with E-state index in [1.54, 1.807) is 0 Å². The third kappa shape index (κ3) is 1.68. The molecule has 1 aliphatic heterocycles. The fourth-order valence-electron chi connectivity index (χ4n) is 3.48. The van der Waals surface area contributed by atoms with Crippen LogP contribution < -0.4 is 0 Å². The Morgan fingerprint density at radius 2 is 1.65 bits per heavy atom. The van der Waals surface area contributed by atoms with Gasteiger partial charge in [-0.25, -0.2) is 0 Å². The zero-order valence-electron chi connectivity index (χ0n) is 11.2. The highest BCUT2D eigenvalue weighted by Crippen LogP contribution is 2.64. The number of hydrogen-bond donors (Lipinski definition) is 0. The quantitative estimate of drug-likeness (QED) is 0.795. The normalized spacial score (nSPS) is 30.7. The summed E-state index contributed by atoms with van der Waals surface area (Å²) >= 11 is 0. The summed E-state index contributed by atoms with van der Waals surface area (Å²) in [6.07, 6.45) is 1.76. The first-order valence-corrected chi connectivity index (χ1v) is 7.12. The summed E-state index contributed by atoms with van der Waals surface area (Å²) in [5.41, 5.74) is 2.04. The first-order valence-electron chi connectivity index (χ1n) is 7.12. The number of benzene rings is 2. The number of ether oxygens (including phenoxy) is 1. The van der Waals surface area contributed by atoms with Gasteiger partial charge in [0.25, 0.3) is 0 Å². The number of hydrogen-bond acceptors (Lipinski definition) is 2. The third-order valence-corrected chi connectivity index (χ3v) is 4.59. The van der Waals surface area contributed by atoms with Gasteiger partial charge in [-0.1, -0.05) is 60.7 Å². The SMILES string of the molecule is O=C1O[C@]2(c3ccccc3)C[C@@H]2[C@H]1Cc1ccccc1. The molecule has 1 saturated carbocycles. The summed E-state index contributed by atoms with van der Waals surface area (Å²) < 4.78 is 5.75. The molecule has 2 aromatic rings. The van der Waals surface area contributed by atoms with E-state index in [0.717, 1.165) is 18.4 Å². The summed E-state index contributed by atoms with van der Waals surface area (Å²) in [5.74, 6) is 0.323. The molecule has 0 radical (unpaired) electrons. The average molecular weight is 264 g/mol. The molecule has 0 aromatic heterocycles. The molecule has 1 saturated heterocycles. The number of fused-ring (bicyclic) bond motifs is 1. The number of rotatable bonds is 3. The Balaban J connectivity index is 1.59. The van der Waals surface area contributed by atoms with Crippen molar-refractivity contribution in [2.75, 3.05) is 0 Å². The molecular formula is C18H16O2. The van der Waals surface area contributed by atoms with E-state index in [4.69, 9.17) is 4.74 Å². The Hall–Kier alpha value is -2.09. The van der Waals surface area contributed by atoms with Crippen LogP contribution in [-0.4, -0.2) is 5.97 Å². The zero-order valence-corrected chi connectivity index (χ0v) is 11.2. The lowest BCUT2D eigenvalue weighted by Crippen LogP contribution is -2.16. The lowest BCUT2D eigenvalue weighted by Gasteiger charge is -2.12. The number of carbonyl (C=O) groups is 1. The summed E-state index contributed by atoms with van der Waals surface area (Å²) in [6, 6.07) is 20.4. The molecule has 2 fully saturated rings. The Labute approximate surface area is 118 Å². The van der Waals surface area contributed by atoms with Crippen molar-refractivity contribution in [2.24, 2.45) is 11.8 Å². The predicted octanol–water partition coefficient (Wildman–Crippen LogP) is 3.32. The maximum absolute atomic E-state index is 12.2. The Morgan fingerprint density at radius 1 is 1.00 bits per heavy atom. The summed E-state index contributed by atoms with van der Waals surface area (Å²) in [4.78, 5) is 12.2. The molecule has 4 rings (SSSR count). The van der Waals surface area contributed by atoms with Crippen LogP contribution in [-0.2, 0) is 21.6 Å². The molecule has 20 heavy (non-hydrogen) atoms. The molecule has 0 amide bonds. The van der Waals surface area contributed by atoms with Crippen LogP contribution in [0.3, 0.4) is 0 Å². The zero-order chi connectivity index (χ0) is 13.6. The first kappa shape index (κ1) is 11.7. The van der Waals surface area contributed by atoms with Crippen LogP contribution in [0.2, 0.25) is 0 Å². The van der Waals surface area contributed by atoms with E-state index in [1.807, 2.05) is 36.4 Å². The molecule has 1 heterocycles. The van der Waals surface area contributed by atoms with Gasteiger partial charge in [0.2, 0.25) is 0 Å². The molecule has 0 bridgehead atoms. The van der Waals surface area contributed by atoms with E-state index in [0.29, 0.717) is 5.92 Å². The Morgan fingerprint density at radius 3 is 2.35 bits per heavy atom. The van der Waals surface area contributed by atoms with Crippen molar-refractivity contribution in [3.05, 3.63) is 71.8 Å². The van der Waals surface area contributed by atoms with Gasteiger partial charge in [-0.05, 0) is 24.0 Å². The van der Waals surface area contributed by atoms with Crippen LogP contribution in [0.1, 0.15) is 17.5 Å². The van der Waals surface area contributed by atoms with Gasteiger partial charge in [-0.2, -0.15) is 0 Å². The number of carbonyl (C=O) groups excluding carboxylic acids is 1. The highest BCUT2D eigenvalue weighted by atomic mass is 16.6. The largest absolute Gasteiger partial charge is 0.454 e. The average Bonchev–Trinajstić information content (AvgIpc) is 3.15. The molecule has 3 atom stereocenters. The van der Waals surface area contributed by atoms with Gasteiger partial charge in [-0.3, -0.25) is 4.79 Å². The lowest BCUT2D eigenvalue weighted by atomic mass is 9.93. The highest BCUT2D eigenvalue weighted by Gasteiger charge is 2.68. The van der Waals surface area contributed by atoms with Gasteiger partial charge < -0.3 is 4.74 Å². The summed E-state index contributed by atoms with van der Waals surface area (Å²) in [7, 11) is 0. The predicted molar refractivity (Wildman–Crippen MR) is 76.0 cm³/mol. The standard InChI is InChI=1S/C18H16O2/c19-17-15(11-13-7-3-1-4-8-13)16-12-18(16,20-17)14-9-5-2-6-10-14/h1-10,15-16H,11-12H2/t15-,16-,18+/m1/s1. The van der Waals surface area contributed by atoms with Crippen LogP contribution >= 0.6 is 0 Å². The second-order valence-electron chi connectivity index (χ2n) is 5.78. The minimum atomic E-state index is -0.322. The molecule has 0 spiro atoms. The lowest BCUT2D eigenvalue weighted by molar-refractivity contribution is -0.149. The van der Waals surface area contributed by atoms with E-state index in [-0.39, 0.29) is 17.5 Å². The summed E-state index contributed by atoms with van der Waals surface area (Å²) in [5, 5.41) is 0. The maximum atomic E-state index is 12.2. The van der Waals surface area contributed by atoms with E-state index in [2.05, 4.69) is 24.3 Å². The molecule has 100 valence electrons. The van der Waals surface area contributed by atoms with Crippen molar-refractivity contribution in [1.29, 1.82) is 0 Å². The van der Waals surface area contributed by atoms with Gasteiger partial charge in [-0.15, -0.1) is 0 Å². The van der Waals surface area contributed by atoms with E-state index < -0.39 is 0 Å². The molecule has 2 aliphatic rings. The second-order valence-corrected chi connectivity index (χ2v) is 5.78. The van der Waals surface area contributed by atoms with Gasteiger partial charge in [0.05, 0.1) is 5.92 Å². The van der Waals surface area contributed by atoms with Crippen molar-refractivity contribution in [3.8, 4) is 0 Å². The highest BCUT2D eigenvalue weighted by molar-refractivity contribution is 5.79. The third-order valence-electron chi connectivity index (χ3n) is 4.59. The fourth-order valence-corrected chi connectivity index (χ4v) is 3.48. The first-order chi connectivity index (χ1) is 9.79. The molecule has 0 unspecified atom stereocenters. The second kappa shape index (κ2) is 4.20. The van der Waals surface area contributed by atoms with E-state index in [9.17, 15) is 4.79 Å². The van der Waals surface area contributed by atoms with Crippen LogP contribution in [0.4, 0.5) is 0 Å². The Bertz CT molecular complexity index is 635. The molecule has 0 N–H and O–H groups in total. The molecule has 1 aliphatic carbocycles. The molecule has 2 aromatic carbocycles. The van der Waals surface area contributed by atoms with Gasteiger partial charge >= 0.3 is 5.97 Å².